The van der Waals surface area contributed by atoms with Gasteiger partial charge in [-0.3, -0.25) is 4.79 Å². The van der Waals surface area contributed by atoms with Gasteiger partial charge in [-0.1, -0.05) is 11.6 Å². The van der Waals surface area contributed by atoms with Gasteiger partial charge < -0.3 is 14.6 Å². The summed E-state index contributed by atoms with van der Waals surface area (Å²) < 4.78 is 12.5. The highest BCUT2D eigenvalue weighted by Crippen LogP contribution is 2.42. The standard InChI is InChI=1S/C25H28O4/c1-15(2)5-6-16-11-18(12-17-9-10-25(3,4)29-24(16)17)22-14-21(27)20-8-7-19(26)13-23(20)28-22/h5,7-8,11-13,22,26H,6,9-10,14H2,1-4H3. The first-order valence-corrected chi connectivity index (χ1v) is 10.2. The van der Waals surface area contributed by atoms with Gasteiger partial charge in [-0.25, -0.2) is 0 Å². The number of aromatic hydroxyl groups is 1. The summed E-state index contributed by atoms with van der Waals surface area (Å²) in [5.74, 6) is 1.56. The first kappa shape index (κ1) is 19.6. The molecule has 0 radical (unpaired) electrons. The van der Waals surface area contributed by atoms with Crippen molar-refractivity contribution in [3.05, 3.63) is 64.2 Å². The molecule has 152 valence electrons. The van der Waals surface area contributed by atoms with Crippen molar-refractivity contribution >= 4 is 5.78 Å². The summed E-state index contributed by atoms with van der Waals surface area (Å²) in [6, 6.07) is 8.92. The Balaban J connectivity index is 1.74. The van der Waals surface area contributed by atoms with Crippen molar-refractivity contribution in [2.45, 2.75) is 65.1 Å². The summed E-state index contributed by atoms with van der Waals surface area (Å²) in [7, 11) is 0. The number of hydrogen-bond acceptors (Lipinski definition) is 4. The lowest BCUT2D eigenvalue weighted by Crippen LogP contribution is -2.33. The van der Waals surface area contributed by atoms with E-state index in [1.54, 1.807) is 6.07 Å². The third kappa shape index (κ3) is 4.02. The van der Waals surface area contributed by atoms with Crippen LogP contribution in [0.5, 0.6) is 17.2 Å². The van der Waals surface area contributed by atoms with Gasteiger partial charge in [0, 0.05) is 6.07 Å². The summed E-state index contributed by atoms with van der Waals surface area (Å²) in [5.41, 5.74) is 4.91. The monoisotopic (exact) mass is 392 g/mol. The maximum atomic E-state index is 12.7. The number of carbonyl (C=O) groups excluding carboxylic acids is 1. The second-order valence-electron chi connectivity index (χ2n) is 8.93. The molecule has 1 N–H and O–H groups in total. The Hall–Kier alpha value is -2.75. The molecule has 0 bridgehead atoms. The maximum Gasteiger partial charge on any atom is 0.170 e. The maximum absolute atomic E-state index is 12.7. The number of ketones is 1. The largest absolute Gasteiger partial charge is 0.508 e. The van der Waals surface area contributed by atoms with Crippen LogP contribution in [0.2, 0.25) is 0 Å². The molecule has 2 aromatic rings. The number of phenols is 1. The van der Waals surface area contributed by atoms with E-state index in [2.05, 4.69) is 45.9 Å². The second-order valence-corrected chi connectivity index (χ2v) is 8.93. The van der Waals surface area contributed by atoms with Gasteiger partial charge in [-0.05, 0) is 87.9 Å². The van der Waals surface area contributed by atoms with Crippen LogP contribution in [-0.2, 0) is 12.8 Å². The van der Waals surface area contributed by atoms with E-state index < -0.39 is 0 Å². The van der Waals surface area contributed by atoms with Crippen LogP contribution >= 0.6 is 0 Å². The predicted molar refractivity (Wildman–Crippen MR) is 113 cm³/mol. The molecule has 0 aromatic heterocycles. The zero-order valence-electron chi connectivity index (χ0n) is 17.5. The molecule has 0 fully saturated rings. The Morgan fingerprint density at radius 3 is 2.79 bits per heavy atom. The minimum atomic E-state index is -0.359. The molecule has 1 unspecified atom stereocenters. The molecule has 2 aliphatic heterocycles. The molecule has 4 nitrogen and oxygen atoms in total. The Labute approximate surface area is 172 Å². The van der Waals surface area contributed by atoms with Crippen LogP contribution in [-0.4, -0.2) is 16.5 Å². The van der Waals surface area contributed by atoms with E-state index in [-0.39, 0.29) is 23.2 Å². The molecule has 1 atom stereocenters. The van der Waals surface area contributed by atoms with Crippen LogP contribution < -0.4 is 9.47 Å². The lowest BCUT2D eigenvalue weighted by Gasteiger charge is -2.35. The lowest BCUT2D eigenvalue weighted by molar-refractivity contribution is 0.0824. The molecule has 4 rings (SSSR count). The van der Waals surface area contributed by atoms with Gasteiger partial charge in [0.1, 0.15) is 29.0 Å². The average molecular weight is 392 g/mol. The molecule has 4 heteroatoms. The Morgan fingerprint density at radius 1 is 1.24 bits per heavy atom. The first-order valence-electron chi connectivity index (χ1n) is 10.2. The molecule has 0 saturated carbocycles. The zero-order chi connectivity index (χ0) is 20.8. The van der Waals surface area contributed by atoms with Crippen molar-refractivity contribution in [2.24, 2.45) is 0 Å². The van der Waals surface area contributed by atoms with Crippen LogP contribution in [0.1, 0.15) is 73.7 Å². The number of phenolic OH excluding ortho intramolecular Hbond substituents is 1. The van der Waals surface area contributed by atoms with E-state index in [0.717, 1.165) is 36.1 Å². The highest BCUT2D eigenvalue weighted by molar-refractivity contribution is 6.00. The molecule has 0 saturated heterocycles. The van der Waals surface area contributed by atoms with Gasteiger partial charge in [0.05, 0.1) is 12.0 Å². The van der Waals surface area contributed by atoms with Gasteiger partial charge in [0.25, 0.3) is 0 Å². The van der Waals surface area contributed by atoms with Crippen molar-refractivity contribution in [3.63, 3.8) is 0 Å². The van der Waals surface area contributed by atoms with Crippen molar-refractivity contribution < 1.29 is 19.4 Å². The van der Waals surface area contributed by atoms with Crippen LogP contribution in [0.4, 0.5) is 0 Å². The van der Waals surface area contributed by atoms with Crippen molar-refractivity contribution in [1.29, 1.82) is 0 Å². The fraction of sp³-hybridized carbons (Fsp3) is 0.400. The number of allylic oxidation sites excluding steroid dienone is 2. The minimum Gasteiger partial charge on any atom is -0.508 e. The minimum absolute atomic E-state index is 0.0391. The quantitative estimate of drug-likeness (QED) is 0.680. The first-order chi connectivity index (χ1) is 13.7. The third-order valence-electron chi connectivity index (χ3n) is 5.65. The molecular weight excluding hydrogens is 364 g/mol. The Morgan fingerprint density at radius 2 is 2.03 bits per heavy atom. The molecule has 29 heavy (non-hydrogen) atoms. The number of aryl methyl sites for hydroxylation is 1. The summed E-state index contributed by atoms with van der Waals surface area (Å²) >= 11 is 0. The van der Waals surface area contributed by atoms with Crippen molar-refractivity contribution in [1.82, 2.24) is 0 Å². The van der Waals surface area contributed by atoms with Gasteiger partial charge in [0.2, 0.25) is 0 Å². The zero-order valence-corrected chi connectivity index (χ0v) is 17.5. The van der Waals surface area contributed by atoms with Crippen molar-refractivity contribution in [2.75, 3.05) is 0 Å². The lowest BCUT2D eigenvalue weighted by atomic mass is 9.88. The van der Waals surface area contributed by atoms with Gasteiger partial charge >= 0.3 is 0 Å². The smallest absolute Gasteiger partial charge is 0.170 e. The molecule has 2 aromatic carbocycles. The van der Waals surface area contributed by atoms with E-state index in [4.69, 9.17) is 9.47 Å². The van der Waals surface area contributed by atoms with Crippen LogP contribution in [0, 0.1) is 0 Å². The number of fused-ring (bicyclic) bond motifs is 2. The number of ether oxygens (including phenoxy) is 2. The summed E-state index contributed by atoms with van der Waals surface area (Å²) in [5, 5.41) is 9.79. The van der Waals surface area contributed by atoms with Gasteiger partial charge in [-0.15, -0.1) is 0 Å². The molecule has 0 amide bonds. The fourth-order valence-corrected chi connectivity index (χ4v) is 4.01. The number of rotatable bonds is 3. The molecule has 0 aliphatic carbocycles. The van der Waals surface area contributed by atoms with E-state index >= 15 is 0 Å². The van der Waals surface area contributed by atoms with Gasteiger partial charge in [0.15, 0.2) is 5.78 Å². The highest BCUT2D eigenvalue weighted by Gasteiger charge is 2.32. The van der Waals surface area contributed by atoms with E-state index in [0.29, 0.717) is 17.7 Å². The molecular formula is C25H28O4. The van der Waals surface area contributed by atoms with Crippen molar-refractivity contribution in [3.8, 4) is 17.2 Å². The Kier molecular flexibility index (Phi) is 4.89. The van der Waals surface area contributed by atoms with Crippen LogP contribution in [0.3, 0.4) is 0 Å². The van der Waals surface area contributed by atoms with E-state index in [1.165, 1.54) is 23.3 Å². The summed E-state index contributed by atoms with van der Waals surface area (Å²) in [6.07, 6.45) is 4.81. The number of Topliss-reactive ketones (excluding diaryl/α,β-unsaturated/α-hetero) is 1. The molecule has 0 spiro atoms. The highest BCUT2D eigenvalue weighted by atomic mass is 16.5. The van der Waals surface area contributed by atoms with E-state index in [1.807, 2.05) is 0 Å². The second kappa shape index (κ2) is 7.25. The average Bonchev–Trinajstić information content (AvgIpc) is 2.65. The number of benzene rings is 2. The summed E-state index contributed by atoms with van der Waals surface area (Å²) in [6.45, 7) is 8.43. The molecule has 2 aliphatic rings. The molecule has 2 heterocycles. The van der Waals surface area contributed by atoms with E-state index in [9.17, 15) is 9.90 Å². The fourth-order valence-electron chi connectivity index (χ4n) is 4.01. The van der Waals surface area contributed by atoms with Crippen LogP contribution in [0.15, 0.2) is 42.0 Å². The summed E-state index contributed by atoms with van der Waals surface area (Å²) in [4.78, 5) is 12.7. The van der Waals surface area contributed by atoms with Crippen LogP contribution in [0.25, 0.3) is 0 Å². The SMILES string of the molecule is CC(C)=CCc1cc(C2CC(=O)c3ccc(O)cc3O2)cc2c1OC(C)(C)CC2. The third-order valence-corrected chi connectivity index (χ3v) is 5.65. The topological polar surface area (TPSA) is 55.8 Å². The Bertz CT molecular complexity index is 996. The number of hydrogen-bond donors (Lipinski definition) is 1. The normalized spacial score (nSPS) is 19.4. The number of carbonyl (C=O) groups is 1. The predicted octanol–water partition coefficient (Wildman–Crippen LogP) is 5.71. The van der Waals surface area contributed by atoms with Gasteiger partial charge in [-0.2, -0.15) is 0 Å².